The quantitative estimate of drug-likeness (QED) is 0.527. The fraction of sp³-hybridized carbons (Fsp3) is 0.458. The number of hydrogen-bond acceptors (Lipinski definition) is 9. The van der Waals surface area contributed by atoms with Gasteiger partial charge >= 0.3 is 0 Å². The second kappa shape index (κ2) is 10.1. The fourth-order valence-corrected chi connectivity index (χ4v) is 5.60. The van der Waals surface area contributed by atoms with E-state index in [4.69, 9.17) is 9.72 Å². The number of piperidine rings is 1. The van der Waals surface area contributed by atoms with Crippen LogP contribution in [0.15, 0.2) is 42.7 Å². The van der Waals surface area contributed by atoms with Crippen LogP contribution in [0.25, 0.3) is 22.3 Å². The normalized spacial score (nSPS) is 20.8. The van der Waals surface area contributed by atoms with Crippen molar-refractivity contribution in [2.24, 2.45) is 0 Å². The molecule has 2 aliphatic rings. The van der Waals surface area contributed by atoms with Gasteiger partial charge in [-0.05, 0) is 30.4 Å². The van der Waals surface area contributed by atoms with Crippen LogP contribution in [0.2, 0.25) is 0 Å². The molecule has 4 heterocycles. The van der Waals surface area contributed by atoms with Gasteiger partial charge < -0.3 is 15.3 Å². The lowest BCUT2D eigenvalue weighted by atomic mass is 9.89. The Kier molecular flexibility index (Phi) is 6.94. The molecule has 2 fully saturated rings. The van der Waals surface area contributed by atoms with Gasteiger partial charge in [0.25, 0.3) is 0 Å². The second-order valence-electron chi connectivity index (χ2n) is 9.12. The molecule has 1 unspecified atom stereocenters. The molecular formula is C24H30N6O4S. The zero-order valence-corrected chi connectivity index (χ0v) is 20.5. The second-order valence-corrected chi connectivity index (χ2v) is 11.1. The number of rotatable bonds is 6. The van der Waals surface area contributed by atoms with Crippen molar-refractivity contribution in [1.29, 1.82) is 0 Å². The van der Waals surface area contributed by atoms with Crippen LogP contribution < -0.4 is 5.32 Å². The summed E-state index contributed by atoms with van der Waals surface area (Å²) in [6.45, 7) is 3.03. The molecule has 5 rings (SSSR count). The van der Waals surface area contributed by atoms with Crippen molar-refractivity contribution < 1.29 is 18.4 Å². The highest BCUT2D eigenvalue weighted by Crippen LogP contribution is 2.31. The molecule has 186 valence electrons. The zero-order valence-electron chi connectivity index (χ0n) is 19.7. The van der Waals surface area contributed by atoms with E-state index in [0.717, 1.165) is 29.6 Å². The lowest BCUT2D eigenvalue weighted by Crippen LogP contribution is -2.43. The van der Waals surface area contributed by atoms with Crippen LogP contribution in [0.1, 0.15) is 24.3 Å². The third-order valence-electron chi connectivity index (χ3n) is 6.67. The van der Waals surface area contributed by atoms with E-state index < -0.39 is 10.0 Å². The highest BCUT2D eigenvalue weighted by atomic mass is 32.2. The van der Waals surface area contributed by atoms with E-state index >= 15 is 0 Å². The van der Waals surface area contributed by atoms with Gasteiger partial charge in [-0.1, -0.05) is 24.3 Å². The van der Waals surface area contributed by atoms with Gasteiger partial charge in [-0.3, -0.25) is 4.98 Å². The van der Waals surface area contributed by atoms with Crippen molar-refractivity contribution >= 4 is 26.9 Å². The molecule has 0 aliphatic carbocycles. The fourth-order valence-electron chi connectivity index (χ4n) is 4.73. The van der Waals surface area contributed by atoms with Gasteiger partial charge in [0.05, 0.1) is 36.7 Å². The average Bonchev–Trinajstić information content (AvgIpc) is 2.87. The topological polar surface area (TPSA) is 121 Å². The first-order valence-electron chi connectivity index (χ1n) is 11.8. The molecular weight excluding hydrogens is 468 g/mol. The van der Waals surface area contributed by atoms with Crippen molar-refractivity contribution in [3.05, 3.63) is 48.3 Å². The number of sulfonamides is 1. The predicted octanol–water partition coefficient (Wildman–Crippen LogP) is 2.33. The highest BCUT2D eigenvalue weighted by molar-refractivity contribution is 7.88. The van der Waals surface area contributed by atoms with Gasteiger partial charge in [-0.15, -0.1) is 0 Å². The minimum Gasteiger partial charge on any atom is -0.374 e. The number of morpholine rings is 1. The standard InChI is InChI=1S/C24H30N6O4S/c1-35(32,33)30-10-6-18(7-11-30)17-2-4-19(5-3-17)21-14-22-23(26-9-8-25-22)24(28-21)27-15-20-16-29(31)12-13-34-20/h2-5,8-9,14,18,20,31H,6-7,10-13,15-16H2,1H3,(H,27,28). The Balaban J connectivity index is 1.34. The van der Waals surface area contributed by atoms with E-state index in [1.807, 2.05) is 6.07 Å². The first kappa shape index (κ1) is 24.0. The van der Waals surface area contributed by atoms with Gasteiger partial charge in [-0.2, -0.15) is 5.06 Å². The number of ether oxygens (including phenoxy) is 1. The van der Waals surface area contributed by atoms with E-state index in [1.54, 1.807) is 16.7 Å². The van der Waals surface area contributed by atoms with E-state index in [0.29, 0.717) is 56.6 Å². The minimum atomic E-state index is -3.13. The Morgan fingerprint density at radius 3 is 2.57 bits per heavy atom. The summed E-state index contributed by atoms with van der Waals surface area (Å²) in [4.78, 5) is 13.8. The van der Waals surface area contributed by atoms with Crippen LogP contribution in [-0.4, -0.2) is 89.6 Å². The maximum absolute atomic E-state index is 11.8. The van der Waals surface area contributed by atoms with E-state index in [-0.39, 0.29) is 6.10 Å². The van der Waals surface area contributed by atoms with Crippen molar-refractivity contribution in [3.63, 3.8) is 0 Å². The number of anilines is 1. The molecule has 0 saturated carbocycles. The Hall–Kier alpha value is -2.70. The summed E-state index contributed by atoms with van der Waals surface area (Å²) in [5.41, 5.74) is 4.39. The molecule has 0 radical (unpaired) electrons. The summed E-state index contributed by atoms with van der Waals surface area (Å²) in [6, 6.07) is 10.3. The molecule has 1 atom stereocenters. The number of hydrogen-bond donors (Lipinski definition) is 2. The molecule has 2 saturated heterocycles. The van der Waals surface area contributed by atoms with Crippen molar-refractivity contribution in [2.45, 2.75) is 24.9 Å². The smallest absolute Gasteiger partial charge is 0.211 e. The van der Waals surface area contributed by atoms with Crippen LogP contribution in [0.4, 0.5) is 5.82 Å². The highest BCUT2D eigenvalue weighted by Gasteiger charge is 2.26. The maximum atomic E-state index is 11.8. The number of nitrogens with zero attached hydrogens (tertiary/aromatic N) is 5. The first-order chi connectivity index (χ1) is 16.9. The summed E-state index contributed by atoms with van der Waals surface area (Å²) in [6.07, 6.45) is 6.06. The largest absolute Gasteiger partial charge is 0.374 e. The van der Waals surface area contributed by atoms with Gasteiger partial charge in [0.1, 0.15) is 5.52 Å². The molecule has 2 aliphatic heterocycles. The van der Waals surface area contributed by atoms with Gasteiger partial charge in [0.2, 0.25) is 10.0 Å². The third kappa shape index (κ3) is 5.60. The SMILES string of the molecule is CS(=O)(=O)N1CCC(c2ccc(-c3cc4nccnc4c(NCC4CN(O)CCO4)n3)cc2)CC1. The van der Waals surface area contributed by atoms with Crippen LogP contribution in [-0.2, 0) is 14.8 Å². The van der Waals surface area contributed by atoms with E-state index in [2.05, 4.69) is 39.6 Å². The molecule has 10 nitrogen and oxygen atoms in total. The van der Waals surface area contributed by atoms with Gasteiger partial charge in [-0.25, -0.2) is 22.7 Å². The Morgan fingerprint density at radius 1 is 1.11 bits per heavy atom. The molecule has 2 aromatic heterocycles. The van der Waals surface area contributed by atoms with E-state index in [9.17, 15) is 13.6 Å². The summed E-state index contributed by atoms with van der Waals surface area (Å²) < 4.78 is 30.9. The Bertz CT molecular complexity index is 1280. The predicted molar refractivity (Wildman–Crippen MR) is 133 cm³/mol. The lowest BCUT2D eigenvalue weighted by molar-refractivity contribution is -0.165. The van der Waals surface area contributed by atoms with Gasteiger partial charge in [0.15, 0.2) is 5.82 Å². The molecule has 2 N–H and O–H groups in total. The average molecular weight is 499 g/mol. The van der Waals surface area contributed by atoms with Crippen LogP contribution >= 0.6 is 0 Å². The van der Waals surface area contributed by atoms with Gasteiger partial charge in [0, 0.05) is 44.1 Å². The number of benzene rings is 1. The zero-order chi connectivity index (χ0) is 24.4. The molecule has 0 bridgehead atoms. The number of nitrogens with one attached hydrogen (secondary N) is 1. The van der Waals surface area contributed by atoms with Crippen molar-refractivity contribution in [2.75, 3.05) is 50.9 Å². The number of aromatic nitrogens is 3. The Morgan fingerprint density at radius 2 is 1.86 bits per heavy atom. The summed E-state index contributed by atoms with van der Waals surface area (Å²) in [5.74, 6) is 0.970. The number of pyridine rings is 1. The summed E-state index contributed by atoms with van der Waals surface area (Å²) >= 11 is 0. The monoisotopic (exact) mass is 498 g/mol. The lowest BCUT2D eigenvalue weighted by Gasteiger charge is -2.30. The number of fused-ring (bicyclic) bond motifs is 1. The number of hydroxylamine groups is 2. The molecule has 0 spiro atoms. The maximum Gasteiger partial charge on any atom is 0.211 e. The van der Waals surface area contributed by atoms with Crippen LogP contribution in [0, 0.1) is 0 Å². The summed E-state index contributed by atoms with van der Waals surface area (Å²) in [7, 11) is -3.13. The molecule has 0 amide bonds. The van der Waals surface area contributed by atoms with Crippen LogP contribution in [0.5, 0.6) is 0 Å². The minimum absolute atomic E-state index is 0.153. The first-order valence-corrected chi connectivity index (χ1v) is 13.7. The summed E-state index contributed by atoms with van der Waals surface area (Å²) in [5, 5.41) is 14.4. The van der Waals surface area contributed by atoms with Crippen molar-refractivity contribution in [1.82, 2.24) is 24.3 Å². The molecule has 35 heavy (non-hydrogen) atoms. The van der Waals surface area contributed by atoms with Crippen molar-refractivity contribution in [3.8, 4) is 11.3 Å². The van der Waals surface area contributed by atoms with E-state index in [1.165, 1.54) is 16.9 Å². The molecule has 1 aromatic carbocycles. The van der Waals surface area contributed by atoms with Crippen LogP contribution in [0.3, 0.4) is 0 Å². The molecule has 11 heteroatoms. The Labute approximate surface area is 205 Å². The molecule has 3 aromatic rings. The third-order valence-corrected chi connectivity index (χ3v) is 7.98.